The monoisotopic (exact) mass is 169 g/mol. The number of amides is 1. The normalized spacial score (nSPS) is 19.9. The summed E-state index contributed by atoms with van der Waals surface area (Å²) in [7, 11) is 0. The molecule has 0 aromatic heterocycles. The maximum atomic E-state index is 11.4. The number of hydrogen-bond donors (Lipinski definition) is 0. The maximum Gasteiger partial charge on any atom is 0.222 e. The predicted molar refractivity (Wildman–Crippen MR) is 49.9 cm³/mol. The summed E-state index contributed by atoms with van der Waals surface area (Å²) in [6, 6.07) is 0. The van der Waals surface area contributed by atoms with Gasteiger partial charge in [-0.05, 0) is 18.3 Å². The molecule has 2 nitrogen and oxygen atoms in total. The molecule has 0 aromatic rings. The van der Waals surface area contributed by atoms with E-state index in [4.69, 9.17) is 0 Å². The van der Waals surface area contributed by atoms with Crippen LogP contribution < -0.4 is 0 Å². The van der Waals surface area contributed by atoms with Crippen LogP contribution >= 0.6 is 0 Å². The van der Waals surface area contributed by atoms with Gasteiger partial charge < -0.3 is 4.90 Å². The first-order valence-electron chi connectivity index (χ1n) is 4.77. The molecule has 1 heterocycles. The Labute approximate surface area is 74.9 Å². The van der Waals surface area contributed by atoms with Crippen molar-refractivity contribution in [1.82, 2.24) is 4.90 Å². The number of rotatable bonds is 1. The van der Waals surface area contributed by atoms with E-state index in [0.717, 1.165) is 25.9 Å². The Morgan fingerprint density at radius 1 is 1.33 bits per heavy atom. The second-order valence-corrected chi connectivity index (χ2v) is 4.83. The molecule has 1 saturated heterocycles. The van der Waals surface area contributed by atoms with Crippen LogP contribution in [0.15, 0.2) is 0 Å². The first kappa shape index (κ1) is 9.56. The summed E-state index contributed by atoms with van der Waals surface area (Å²) < 4.78 is 0. The van der Waals surface area contributed by atoms with Gasteiger partial charge in [-0.15, -0.1) is 0 Å². The molecule has 0 radical (unpaired) electrons. The van der Waals surface area contributed by atoms with Crippen molar-refractivity contribution in [3.63, 3.8) is 0 Å². The van der Waals surface area contributed by atoms with E-state index in [1.54, 1.807) is 0 Å². The minimum atomic E-state index is 0.243. The molecular formula is C10H19NO. The van der Waals surface area contributed by atoms with Gasteiger partial charge in [0.25, 0.3) is 0 Å². The second kappa shape index (κ2) is 3.46. The van der Waals surface area contributed by atoms with Crippen molar-refractivity contribution in [3.8, 4) is 0 Å². The van der Waals surface area contributed by atoms with Crippen LogP contribution in [-0.2, 0) is 4.79 Å². The second-order valence-electron chi connectivity index (χ2n) is 4.83. The van der Waals surface area contributed by atoms with Gasteiger partial charge in [0.2, 0.25) is 5.91 Å². The highest BCUT2D eigenvalue weighted by atomic mass is 16.2. The molecule has 1 fully saturated rings. The molecule has 0 spiro atoms. The fourth-order valence-corrected chi connectivity index (χ4v) is 1.60. The van der Waals surface area contributed by atoms with Crippen LogP contribution in [0.1, 0.15) is 40.0 Å². The number of nitrogens with zero attached hydrogens (tertiary/aromatic N) is 1. The SMILES string of the molecule is CC(C)(C)CN1CCCCC1=O. The summed E-state index contributed by atoms with van der Waals surface area (Å²) in [5.41, 5.74) is 0.243. The average molecular weight is 169 g/mol. The molecule has 0 saturated carbocycles. The Morgan fingerprint density at radius 3 is 2.50 bits per heavy atom. The smallest absolute Gasteiger partial charge is 0.222 e. The molecule has 1 aliphatic heterocycles. The zero-order valence-corrected chi connectivity index (χ0v) is 8.39. The van der Waals surface area contributed by atoms with Crippen molar-refractivity contribution in [1.29, 1.82) is 0 Å². The largest absolute Gasteiger partial charge is 0.342 e. The maximum absolute atomic E-state index is 11.4. The molecule has 0 aromatic carbocycles. The van der Waals surface area contributed by atoms with Gasteiger partial charge in [0, 0.05) is 19.5 Å². The van der Waals surface area contributed by atoms with Crippen molar-refractivity contribution < 1.29 is 4.79 Å². The minimum Gasteiger partial charge on any atom is -0.342 e. The summed E-state index contributed by atoms with van der Waals surface area (Å²) in [5, 5.41) is 0. The lowest BCUT2D eigenvalue weighted by molar-refractivity contribution is -0.134. The number of piperidine rings is 1. The molecule has 0 bridgehead atoms. The fraction of sp³-hybridized carbons (Fsp3) is 0.900. The molecule has 0 N–H and O–H groups in total. The van der Waals surface area contributed by atoms with Crippen LogP contribution in [0.2, 0.25) is 0 Å². The summed E-state index contributed by atoms with van der Waals surface area (Å²) >= 11 is 0. The molecule has 70 valence electrons. The van der Waals surface area contributed by atoms with E-state index >= 15 is 0 Å². The third-order valence-electron chi connectivity index (χ3n) is 2.09. The van der Waals surface area contributed by atoms with Gasteiger partial charge in [-0.1, -0.05) is 20.8 Å². The molecule has 1 amide bonds. The molecule has 1 aliphatic rings. The third-order valence-corrected chi connectivity index (χ3v) is 2.09. The standard InChI is InChI=1S/C10H19NO/c1-10(2,3)8-11-7-5-4-6-9(11)12/h4-8H2,1-3H3. The van der Waals surface area contributed by atoms with Gasteiger partial charge in [0.1, 0.15) is 0 Å². The molecule has 2 heteroatoms. The number of carbonyl (C=O) groups is 1. The average Bonchev–Trinajstić information content (AvgIpc) is 1.91. The first-order chi connectivity index (χ1) is 5.49. The summed E-state index contributed by atoms with van der Waals surface area (Å²) in [4.78, 5) is 13.4. The van der Waals surface area contributed by atoms with Crippen molar-refractivity contribution in [2.24, 2.45) is 5.41 Å². The number of likely N-dealkylation sites (tertiary alicyclic amines) is 1. The number of carbonyl (C=O) groups excluding carboxylic acids is 1. The van der Waals surface area contributed by atoms with Gasteiger partial charge in [-0.25, -0.2) is 0 Å². The van der Waals surface area contributed by atoms with Crippen LogP contribution in [0.3, 0.4) is 0 Å². The molecular weight excluding hydrogens is 150 g/mol. The highest BCUT2D eigenvalue weighted by molar-refractivity contribution is 5.76. The van der Waals surface area contributed by atoms with Crippen molar-refractivity contribution in [2.45, 2.75) is 40.0 Å². The predicted octanol–water partition coefficient (Wildman–Crippen LogP) is 2.04. The number of hydrogen-bond acceptors (Lipinski definition) is 1. The Hall–Kier alpha value is -0.530. The molecule has 1 rings (SSSR count). The van der Waals surface area contributed by atoms with Crippen LogP contribution in [-0.4, -0.2) is 23.9 Å². The summed E-state index contributed by atoms with van der Waals surface area (Å²) in [5.74, 6) is 0.344. The van der Waals surface area contributed by atoms with Crippen LogP contribution in [0.25, 0.3) is 0 Å². The molecule has 0 atom stereocenters. The fourth-order valence-electron chi connectivity index (χ4n) is 1.60. The lowest BCUT2D eigenvalue weighted by Crippen LogP contribution is -2.40. The molecule has 0 unspecified atom stereocenters. The Kier molecular flexibility index (Phi) is 2.76. The van der Waals surface area contributed by atoms with Gasteiger partial charge in [-0.3, -0.25) is 4.79 Å². The summed E-state index contributed by atoms with van der Waals surface area (Å²) in [6.07, 6.45) is 3.03. The van der Waals surface area contributed by atoms with E-state index in [-0.39, 0.29) is 5.41 Å². The van der Waals surface area contributed by atoms with Gasteiger partial charge in [-0.2, -0.15) is 0 Å². The zero-order chi connectivity index (χ0) is 9.19. The van der Waals surface area contributed by atoms with Crippen LogP contribution in [0.5, 0.6) is 0 Å². The lowest BCUT2D eigenvalue weighted by atomic mass is 9.95. The van der Waals surface area contributed by atoms with E-state index in [2.05, 4.69) is 20.8 Å². The van der Waals surface area contributed by atoms with Gasteiger partial charge in [0.15, 0.2) is 0 Å². The van der Waals surface area contributed by atoms with E-state index in [1.807, 2.05) is 4.90 Å². The third kappa shape index (κ3) is 2.84. The Balaban J connectivity index is 2.45. The van der Waals surface area contributed by atoms with E-state index in [9.17, 15) is 4.79 Å². The quantitative estimate of drug-likeness (QED) is 0.588. The zero-order valence-electron chi connectivity index (χ0n) is 8.39. The first-order valence-corrected chi connectivity index (χ1v) is 4.77. The Bertz CT molecular complexity index is 169. The van der Waals surface area contributed by atoms with E-state index in [1.165, 1.54) is 6.42 Å². The lowest BCUT2D eigenvalue weighted by Gasteiger charge is -2.32. The van der Waals surface area contributed by atoms with Crippen molar-refractivity contribution in [3.05, 3.63) is 0 Å². The van der Waals surface area contributed by atoms with Crippen LogP contribution in [0.4, 0.5) is 0 Å². The molecule has 0 aliphatic carbocycles. The van der Waals surface area contributed by atoms with E-state index < -0.39 is 0 Å². The minimum absolute atomic E-state index is 0.243. The highest BCUT2D eigenvalue weighted by Crippen LogP contribution is 2.19. The van der Waals surface area contributed by atoms with Gasteiger partial charge in [0.05, 0.1) is 0 Å². The van der Waals surface area contributed by atoms with Gasteiger partial charge >= 0.3 is 0 Å². The Morgan fingerprint density at radius 2 is 2.00 bits per heavy atom. The van der Waals surface area contributed by atoms with E-state index in [0.29, 0.717) is 5.91 Å². The topological polar surface area (TPSA) is 20.3 Å². The highest BCUT2D eigenvalue weighted by Gasteiger charge is 2.22. The van der Waals surface area contributed by atoms with Crippen LogP contribution in [0, 0.1) is 5.41 Å². The molecule has 12 heavy (non-hydrogen) atoms. The van der Waals surface area contributed by atoms with Crippen molar-refractivity contribution in [2.75, 3.05) is 13.1 Å². The summed E-state index contributed by atoms with van der Waals surface area (Å²) in [6.45, 7) is 8.40. The van der Waals surface area contributed by atoms with Crippen molar-refractivity contribution >= 4 is 5.91 Å².